The summed E-state index contributed by atoms with van der Waals surface area (Å²) < 4.78 is 13.4. The lowest BCUT2D eigenvalue weighted by Crippen LogP contribution is -2.26. The van der Waals surface area contributed by atoms with Crippen LogP contribution in [0.1, 0.15) is 23.7 Å². The Hall–Kier alpha value is -1.97. The van der Waals surface area contributed by atoms with E-state index in [0.717, 1.165) is 12.1 Å². The van der Waals surface area contributed by atoms with Crippen LogP contribution in [-0.2, 0) is 4.79 Å². The molecule has 0 aliphatic rings. The van der Waals surface area contributed by atoms with Gasteiger partial charge in [0, 0.05) is 5.56 Å². The fourth-order valence-corrected chi connectivity index (χ4v) is 1.36. The van der Waals surface area contributed by atoms with Crippen LogP contribution in [0.3, 0.4) is 0 Å². The van der Waals surface area contributed by atoms with Crippen molar-refractivity contribution >= 4 is 5.91 Å². The van der Waals surface area contributed by atoms with Crippen LogP contribution in [-0.4, -0.2) is 22.2 Å². The van der Waals surface area contributed by atoms with Gasteiger partial charge in [-0.3, -0.25) is 4.79 Å². The van der Waals surface area contributed by atoms with Crippen LogP contribution >= 0.6 is 0 Å². The van der Waals surface area contributed by atoms with E-state index in [9.17, 15) is 19.4 Å². The van der Waals surface area contributed by atoms with Gasteiger partial charge >= 0.3 is 0 Å². The molecule has 0 saturated heterocycles. The summed E-state index contributed by atoms with van der Waals surface area (Å²) in [6.07, 6.45) is -3.59. The van der Waals surface area contributed by atoms with Crippen molar-refractivity contribution in [3.63, 3.8) is 0 Å². The molecule has 4 N–H and O–H groups in total. The Balaban J connectivity index is 2.99. The first-order valence-corrected chi connectivity index (χ1v) is 4.79. The van der Waals surface area contributed by atoms with Crippen LogP contribution in [0.4, 0.5) is 4.39 Å². The summed E-state index contributed by atoms with van der Waals surface area (Å²) in [7, 11) is 0. The molecule has 5 nitrogen and oxygen atoms in total. The SMILES string of the molecule is N#Cc1ccc(F)c(C(O)C(O)CC(N)=O)c1. The average Bonchev–Trinajstić information content (AvgIpc) is 2.28. The summed E-state index contributed by atoms with van der Waals surface area (Å²) in [5.74, 6) is -1.58. The van der Waals surface area contributed by atoms with Crippen LogP contribution in [0.5, 0.6) is 0 Å². The number of hydrogen-bond donors (Lipinski definition) is 3. The number of carbonyl (C=O) groups is 1. The summed E-state index contributed by atoms with van der Waals surface area (Å²) in [6, 6.07) is 5.14. The zero-order valence-corrected chi connectivity index (χ0v) is 8.80. The van der Waals surface area contributed by atoms with Crippen molar-refractivity contribution in [2.75, 3.05) is 0 Å². The van der Waals surface area contributed by atoms with Crippen LogP contribution in [0.15, 0.2) is 18.2 Å². The second-order valence-electron chi connectivity index (χ2n) is 3.53. The van der Waals surface area contributed by atoms with E-state index in [2.05, 4.69) is 0 Å². The molecule has 0 aromatic heterocycles. The fraction of sp³-hybridized carbons (Fsp3) is 0.273. The number of hydrogen-bond acceptors (Lipinski definition) is 4. The molecule has 1 rings (SSSR count). The topological polar surface area (TPSA) is 107 Å². The maximum Gasteiger partial charge on any atom is 0.220 e. The van der Waals surface area contributed by atoms with Crippen molar-refractivity contribution in [3.8, 4) is 6.07 Å². The third kappa shape index (κ3) is 3.24. The van der Waals surface area contributed by atoms with Crippen molar-refractivity contribution in [1.29, 1.82) is 5.26 Å². The van der Waals surface area contributed by atoms with E-state index in [0.29, 0.717) is 0 Å². The van der Waals surface area contributed by atoms with Gasteiger partial charge in [0.2, 0.25) is 5.91 Å². The van der Waals surface area contributed by atoms with E-state index in [1.165, 1.54) is 6.07 Å². The maximum atomic E-state index is 13.4. The summed E-state index contributed by atoms with van der Waals surface area (Å²) in [4.78, 5) is 10.6. The molecular formula is C11H11FN2O3. The number of aliphatic hydroxyl groups excluding tert-OH is 2. The molecule has 2 atom stereocenters. The summed E-state index contributed by atoms with van der Waals surface area (Å²) in [6.45, 7) is 0. The van der Waals surface area contributed by atoms with E-state index >= 15 is 0 Å². The molecule has 0 heterocycles. The Morgan fingerprint density at radius 3 is 2.71 bits per heavy atom. The highest BCUT2D eigenvalue weighted by molar-refractivity contribution is 5.74. The van der Waals surface area contributed by atoms with Gasteiger partial charge in [0.05, 0.1) is 24.2 Å². The molecule has 0 saturated carbocycles. The first-order chi connectivity index (χ1) is 7.95. The molecule has 0 radical (unpaired) electrons. The largest absolute Gasteiger partial charge is 0.390 e. The highest BCUT2D eigenvalue weighted by Crippen LogP contribution is 2.22. The number of nitrogens with two attached hydrogens (primary N) is 1. The zero-order chi connectivity index (χ0) is 13.0. The van der Waals surface area contributed by atoms with Gasteiger partial charge in [-0.15, -0.1) is 0 Å². The minimum atomic E-state index is -1.60. The Labute approximate surface area is 96.9 Å². The Morgan fingerprint density at radius 1 is 1.53 bits per heavy atom. The normalized spacial score (nSPS) is 13.8. The van der Waals surface area contributed by atoms with Crippen molar-refractivity contribution in [2.45, 2.75) is 18.6 Å². The van der Waals surface area contributed by atoms with Gasteiger partial charge in [0.25, 0.3) is 0 Å². The fourth-order valence-electron chi connectivity index (χ4n) is 1.36. The molecule has 1 aromatic rings. The number of aliphatic hydroxyl groups is 2. The number of carbonyl (C=O) groups excluding carboxylic acids is 1. The van der Waals surface area contributed by atoms with Gasteiger partial charge in [-0.05, 0) is 18.2 Å². The van der Waals surface area contributed by atoms with Gasteiger partial charge in [0.1, 0.15) is 11.9 Å². The van der Waals surface area contributed by atoms with Gasteiger partial charge in [-0.1, -0.05) is 0 Å². The van der Waals surface area contributed by atoms with Gasteiger partial charge in [-0.2, -0.15) is 5.26 Å². The van der Waals surface area contributed by atoms with Crippen LogP contribution in [0, 0.1) is 17.1 Å². The number of rotatable bonds is 4. The predicted molar refractivity (Wildman–Crippen MR) is 55.9 cm³/mol. The molecule has 1 amide bonds. The summed E-state index contributed by atoms with van der Waals surface area (Å²) in [5.41, 5.74) is 4.75. The highest BCUT2D eigenvalue weighted by atomic mass is 19.1. The lowest BCUT2D eigenvalue weighted by Gasteiger charge is -2.17. The Morgan fingerprint density at radius 2 is 2.18 bits per heavy atom. The number of nitriles is 1. The molecule has 2 unspecified atom stereocenters. The second-order valence-corrected chi connectivity index (χ2v) is 3.53. The van der Waals surface area contributed by atoms with Crippen LogP contribution < -0.4 is 5.73 Å². The molecule has 90 valence electrons. The average molecular weight is 238 g/mol. The van der Waals surface area contributed by atoms with E-state index in [4.69, 9.17) is 11.0 Å². The standard InChI is InChI=1S/C11H11FN2O3/c12-8-2-1-6(5-13)3-7(8)11(17)9(15)4-10(14)16/h1-3,9,11,15,17H,4H2,(H2,14,16). The second kappa shape index (κ2) is 5.39. The minimum Gasteiger partial charge on any atom is -0.390 e. The summed E-state index contributed by atoms with van der Waals surface area (Å²) >= 11 is 0. The van der Waals surface area contributed by atoms with Crippen molar-refractivity contribution in [2.24, 2.45) is 5.73 Å². The van der Waals surface area contributed by atoms with E-state index in [1.807, 2.05) is 0 Å². The maximum absolute atomic E-state index is 13.4. The third-order valence-corrected chi connectivity index (χ3v) is 2.22. The Kier molecular flexibility index (Phi) is 4.15. The van der Waals surface area contributed by atoms with Gasteiger partial charge in [-0.25, -0.2) is 4.39 Å². The molecule has 0 bridgehead atoms. The van der Waals surface area contributed by atoms with Crippen LogP contribution in [0.25, 0.3) is 0 Å². The van der Waals surface area contributed by atoms with E-state index in [1.54, 1.807) is 6.07 Å². The van der Waals surface area contributed by atoms with Gasteiger partial charge < -0.3 is 15.9 Å². The number of nitrogens with zero attached hydrogens (tertiary/aromatic N) is 1. The number of primary amides is 1. The molecule has 0 aliphatic carbocycles. The lowest BCUT2D eigenvalue weighted by molar-refractivity contribution is -0.121. The number of amides is 1. The van der Waals surface area contributed by atoms with E-state index < -0.39 is 30.4 Å². The minimum absolute atomic E-state index is 0.145. The molecule has 0 fully saturated rings. The molecule has 17 heavy (non-hydrogen) atoms. The van der Waals surface area contributed by atoms with Crippen molar-refractivity contribution in [1.82, 2.24) is 0 Å². The van der Waals surface area contributed by atoms with Crippen molar-refractivity contribution < 1.29 is 19.4 Å². The van der Waals surface area contributed by atoms with E-state index in [-0.39, 0.29) is 11.1 Å². The smallest absolute Gasteiger partial charge is 0.220 e. The molecule has 0 aliphatic heterocycles. The monoisotopic (exact) mass is 238 g/mol. The Bertz CT molecular complexity index is 470. The molecular weight excluding hydrogens is 227 g/mol. The summed E-state index contributed by atoms with van der Waals surface area (Å²) in [5, 5.41) is 27.7. The lowest BCUT2D eigenvalue weighted by atomic mass is 9.99. The molecule has 0 spiro atoms. The van der Waals surface area contributed by atoms with Crippen LogP contribution in [0.2, 0.25) is 0 Å². The predicted octanol–water partition coefficient (Wildman–Crippen LogP) is -0.0329. The van der Waals surface area contributed by atoms with Crippen molar-refractivity contribution in [3.05, 3.63) is 35.1 Å². The molecule has 6 heteroatoms. The van der Waals surface area contributed by atoms with Gasteiger partial charge in [0.15, 0.2) is 0 Å². The number of halogens is 1. The first kappa shape index (κ1) is 13.1. The first-order valence-electron chi connectivity index (χ1n) is 4.79. The molecule has 1 aromatic carbocycles. The number of benzene rings is 1. The highest BCUT2D eigenvalue weighted by Gasteiger charge is 2.23. The quantitative estimate of drug-likeness (QED) is 0.684. The third-order valence-electron chi connectivity index (χ3n) is 2.22. The zero-order valence-electron chi connectivity index (χ0n) is 8.80.